The third-order valence-electron chi connectivity index (χ3n) is 1.61. The Kier molecular flexibility index (Phi) is 3.46. The third kappa shape index (κ3) is 1.94. The molecular formula is C8H9IN2O. The van der Waals surface area contributed by atoms with Gasteiger partial charge in [0.25, 0.3) is 0 Å². The first-order valence-corrected chi connectivity index (χ1v) is 5.04. The number of nitrogens with one attached hydrogen (secondary N) is 1. The number of nitroso groups, excluding NO2 is 1. The van der Waals surface area contributed by atoms with Crippen LogP contribution in [0.15, 0.2) is 23.4 Å². The lowest BCUT2D eigenvalue weighted by molar-refractivity contribution is 1.36. The van der Waals surface area contributed by atoms with Crippen LogP contribution in [0.5, 0.6) is 0 Å². The number of halogens is 1. The van der Waals surface area contributed by atoms with Crippen molar-refractivity contribution in [2.75, 3.05) is 12.4 Å². The van der Waals surface area contributed by atoms with E-state index >= 15 is 0 Å². The molecular weight excluding hydrogens is 267 g/mol. The van der Waals surface area contributed by atoms with Crippen LogP contribution in [-0.4, -0.2) is 7.05 Å². The lowest BCUT2D eigenvalue weighted by atomic mass is 10.2. The van der Waals surface area contributed by atoms with Crippen LogP contribution in [0.3, 0.4) is 0 Å². The van der Waals surface area contributed by atoms with E-state index in [0.717, 1.165) is 15.7 Å². The first kappa shape index (κ1) is 9.44. The summed E-state index contributed by atoms with van der Waals surface area (Å²) in [6, 6.07) is 5.50. The van der Waals surface area contributed by atoms with Crippen LogP contribution in [-0.2, 0) is 4.43 Å². The molecule has 12 heavy (non-hydrogen) atoms. The lowest BCUT2D eigenvalue weighted by Gasteiger charge is -2.03. The maximum absolute atomic E-state index is 10.3. The van der Waals surface area contributed by atoms with Crippen molar-refractivity contribution < 1.29 is 0 Å². The highest BCUT2D eigenvalue weighted by Gasteiger charge is 2.01. The fraction of sp³-hybridized carbons (Fsp3) is 0.250. The summed E-state index contributed by atoms with van der Waals surface area (Å²) in [6.45, 7) is 0. The Labute approximate surface area is 84.7 Å². The molecule has 0 aliphatic rings. The van der Waals surface area contributed by atoms with Gasteiger partial charge < -0.3 is 5.32 Å². The molecule has 0 spiro atoms. The smallest absolute Gasteiger partial charge is 0.112 e. The van der Waals surface area contributed by atoms with Gasteiger partial charge in [0.2, 0.25) is 0 Å². The summed E-state index contributed by atoms with van der Waals surface area (Å²) in [5.41, 5.74) is 2.51. The topological polar surface area (TPSA) is 41.5 Å². The molecule has 1 N–H and O–H groups in total. The van der Waals surface area contributed by atoms with E-state index in [1.54, 1.807) is 6.07 Å². The van der Waals surface area contributed by atoms with E-state index < -0.39 is 0 Å². The van der Waals surface area contributed by atoms with Crippen molar-refractivity contribution in [2.24, 2.45) is 5.18 Å². The molecule has 1 aromatic rings. The lowest BCUT2D eigenvalue weighted by Crippen LogP contribution is -1.88. The van der Waals surface area contributed by atoms with Crippen LogP contribution in [0, 0.1) is 4.91 Å². The maximum Gasteiger partial charge on any atom is 0.112 e. The summed E-state index contributed by atoms with van der Waals surface area (Å²) >= 11 is 2.21. The molecule has 1 aromatic carbocycles. The monoisotopic (exact) mass is 276 g/mol. The van der Waals surface area contributed by atoms with Crippen molar-refractivity contribution in [3.8, 4) is 0 Å². The van der Waals surface area contributed by atoms with Gasteiger partial charge in [-0.05, 0) is 28.9 Å². The highest BCUT2D eigenvalue weighted by Crippen LogP contribution is 2.24. The zero-order valence-corrected chi connectivity index (χ0v) is 8.83. The standard InChI is InChI=1S/C8H9IN2O/c1-10-7-2-3-8(11-12)6(4-7)5-9/h2-4,10H,5H2,1H3. The predicted octanol–water partition coefficient (Wildman–Crippen LogP) is 3.06. The van der Waals surface area contributed by atoms with E-state index in [4.69, 9.17) is 0 Å². The van der Waals surface area contributed by atoms with Gasteiger partial charge in [0.05, 0.1) is 0 Å². The van der Waals surface area contributed by atoms with Crippen molar-refractivity contribution in [3.63, 3.8) is 0 Å². The molecule has 0 heterocycles. The Hall–Kier alpha value is -0.650. The quantitative estimate of drug-likeness (QED) is 0.523. The van der Waals surface area contributed by atoms with Crippen LogP contribution < -0.4 is 5.32 Å². The number of hydrogen-bond donors (Lipinski definition) is 1. The summed E-state index contributed by atoms with van der Waals surface area (Å²) in [7, 11) is 1.85. The summed E-state index contributed by atoms with van der Waals surface area (Å²) in [5.74, 6) is 0. The molecule has 0 saturated heterocycles. The molecule has 0 atom stereocenters. The Morgan fingerprint density at radius 3 is 2.83 bits per heavy atom. The van der Waals surface area contributed by atoms with E-state index in [2.05, 4.69) is 33.1 Å². The largest absolute Gasteiger partial charge is 0.388 e. The zero-order chi connectivity index (χ0) is 8.97. The molecule has 1 rings (SSSR count). The Bertz CT molecular complexity index is 288. The number of hydrogen-bond acceptors (Lipinski definition) is 3. The van der Waals surface area contributed by atoms with E-state index in [1.807, 2.05) is 19.2 Å². The minimum absolute atomic E-state index is 0.531. The molecule has 4 heteroatoms. The molecule has 0 aromatic heterocycles. The maximum atomic E-state index is 10.3. The number of rotatable bonds is 3. The SMILES string of the molecule is CNc1ccc(N=O)c(CI)c1. The van der Waals surface area contributed by atoms with Crippen LogP contribution in [0.2, 0.25) is 0 Å². The van der Waals surface area contributed by atoms with E-state index in [1.165, 1.54) is 0 Å². The minimum Gasteiger partial charge on any atom is -0.388 e. The van der Waals surface area contributed by atoms with Crippen LogP contribution in [0.4, 0.5) is 11.4 Å². The number of nitrogens with zero attached hydrogens (tertiary/aromatic N) is 1. The van der Waals surface area contributed by atoms with Gasteiger partial charge >= 0.3 is 0 Å². The summed E-state index contributed by atoms with van der Waals surface area (Å²) in [5, 5.41) is 5.94. The van der Waals surface area contributed by atoms with Gasteiger partial charge in [-0.25, -0.2) is 0 Å². The molecule has 0 unspecified atom stereocenters. The first-order valence-electron chi connectivity index (χ1n) is 3.52. The van der Waals surface area contributed by atoms with Gasteiger partial charge in [-0.1, -0.05) is 22.6 Å². The van der Waals surface area contributed by atoms with E-state index in [0.29, 0.717) is 5.69 Å². The first-order chi connectivity index (χ1) is 5.81. The fourth-order valence-corrected chi connectivity index (χ4v) is 1.55. The second-order valence-electron chi connectivity index (χ2n) is 2.32. The van der Waals surface area contributed by atoms with Crippen LogP contribution in [0.1, 0.15) is 5.56 Å². The van der Waals surface area contributed by atoms with Gasteiger partial charge in [0.15, 0.2) is 0 Å². The molecule has 0 aliphatic carbocycles. The fourth-order valence-electron chi connectivity index (χ4n) is 0.937. The van der Waals surface area contributed by atoms with Crippen molar-refractivity contribution in [1.29, 1.82) is 0 Å². The molecule has 64 valence electrons. The Morgan fingerprint density at radius 2 is 2.33 bits per heavy atom. The molecule has 0 bridgehead atoms. The van der Waals surface area contributed by atoms with Crippen molar-refractivity contribution in [2.45, 2.75) is 4.43 Å². The average molecular weight is 276 g/mol. The minimum atomic E-state index is 0.531. The summed E-state index contributed by atoms with van der Waals surface area (Å²) in [6.07, 6.45) is 0. The molecule has 3 nitrogen and oxygen atoms in total. The number of anilines is 1. The van der Waals surface area contributed by atoms with Crippen LogP contribution >= 0.6 is 22.6 Å². The van der Waals surface area contributed by atoms with E-state index in [-0.39, 0.29) is 0 Å². The molecule has 0 fully saturated rings. The third-order valence-corrected chi connectivity index (χ3v) is 2.43. The molecule has 0 amide bonds. The molecule has 0 radical (unpaired) electrons. The molecule has 0 aliphatic heterocycles. The van der Waals surface area contributed by atoms with Crippen molar-refractivity contribution >= 4 is 34.0 Å². The average Bonchev–Trinajstić information content (AvgIpc) is 2.16. The Morgan fingerprint density at radius 1 is 1.58 bits per heavy atom. The second-order valence-corrected chi connectivity index (χ2v) is 3.08. The van der Waals surface area contributed by atoms with Crippen LogP contribution in [0.25, 0.3) is 0 Å². The second kappa shape index (κ2) is 4.39. The van der Waals surface area contributed by atoms with Gasteiger partial charge in [0.1, 0.15) is 5.69 Å². The normalized spacial score (nSPS) is 9.50. The molecule has 0 saturated carbocycles. The number of alkyl halides is 1. The van der Waals surface area contributed by atoms with Crippen molar-refractivity contribution in [1.82, 2.24) is 0 Å². The zero-order valence-electron chi connectivity index (χ0n) is 6.67. The highest BCUT2D eigenvalue weighted by molar-refractivity contribution is 14.1. The summed E-state index contributed by atoms with van der Waals surface area (Å²) in [4.78, 5) is 10.3. The van der Waals surface area contributed by atoms with Crippen molar-refractivity contribution in [3.05, 3.63) is 28.7 Å². The van der Waals surface area contributed by atoms with Gasteiger partial charge in [-0.15, -0.1) is 4.91 Å². The van der Waals surface area contributed by atoms with Gasteiger partial charge in [-0.3, -0.25) is 0 Å². The van der Waals surface area contributed by atoms with Gasteiger partial charge in [0, 0.05) is 17.2 Å². The predicted molar refractivity (Wildman–Crippen MR) is 59.2 cm³/mol. The van der Waals surface area contributed by atoms with Gasteiger partial charge in [-0.2, -0.15) is 0 Å². The summed E-state index contributed by atoms with van der Waals surface area (Å²) < 4.78 is 0.800. The van der Waals surface area contributed by atoms with E-state index in [9.17, 15) is 4.91 Å². The Balaban J connectivity index is 3.10. The number of benzene rings is 1. The highest BCUT2D eigenvalue weighted by atomic mass is 127.